The number of nitrogens with zero attached hydrogens (tertiary/aromatic N) is 1. The summed E-state index contributed by atoms with van der Waals surface area (Å²) < 4.78 is 19.1. The number of carbonyl (C=O) groups is 2. The number of benzene rings is 1. The molecule has 2 amide bonds. The van der Waals surface area contributed by atoms with Crippen molar-refractivity contribution in [2.75, 3.05) is 23.8 Å². The average molecular weight is 369 g/mol. The summed E-state index contributed by atoms with van der Waals surface area (Å²) in [7, 11) is 0. The van der Waals surface area contributed by atoms with Crippen molar-refractivity contribution in [3.63, 3.8) is 0 Å². The van der Waals surface area contributed by atoms with Gasteiger partial charge in [-0.05, 0) is 55.0 Å². The van der Waals surface area contributed by atoms with Gasteiger partial charge in [0.25, 0.3) is 5.91 Å². The molecule has 0 bridgehead atoms. The second kappa shape index (κ2) is 7.08. The van der Waals surface area contributed by atoms with Crippen LogP contribution in [0.15, 0.2) is 42.6 Å². The summed E-state index contributed by atoms with van der Waals surface area (Å²) in [5.74, 6) is -1.15. The van der Waals surface area contributed by atoms with E-state index in [0.717, 1.165) is 19.3 Å². The first-order chi connectivity index (χ1) is 13.1. The van der Waals surface area contributed by atoms with E-state index in [4.69, 9.17) is 4.74 Å². The molecule has 1 saturated carbocycles. The summed E-state index contributed by atoms with van der Waals surface area (Å²) in [5.41, 5.74) is 0.843. The van der Waals surface area contributed by atoms with Gasteiger partial charge in [-0.2, -0.15) is 0 Å². The third-order valence-electron chi connectivity index (χ3n) is 5.38. The largest absolute Gasteiger partial charge is 0.381 e. The third kappa shape index (κ3) is 3.68. The maximum absolute atomic E-state index is 13.7. The number of carbonyl (C=O) groups excluding carboxylic acids is 2. The van der Waals surface area contributed by atoms with Gasteiger partial charge in [-0.15, -0.1) is 0 Å². The molecule has 140 valence electrons. The van der Waals surface area contributed by atoms with Crippen LogP contribution in [-0.4, -0.2) is 30.0 Å². The lowest BCUT2D eigenvalue weighted by Gasteiger charge is -2.22. The topological polar surface area (TPSA) is 80.3 Å². The fourth-order valence-corrected chi connectivity index (χ4v) is 3.68. The number of hydrogen-bond acceptors (Lipinski definition) is 4. The van der Waals surface area contributed by atoms with Gasteiger partial charge in [-0.3, -0.25) is 14.6 Å². The highest BCUT2D eigenvalue weighted by atomic mass is 19.1. The standard InChI is InChI=1S/C20H20FN3O3/c21-13-4-5-15(23-19(26)16-3-1-2-8-22-16)17(11-13)24-18(25)14-12-20(14)6-9-27-10-7-20/h1-5,8,11,14H,6-7,9-10,12H2,(H,23,26)(H,24,25)/t14-/m1/s1. The van der Waals surface area contributed by atoms with E-state index in [9.17, 15) is 14.0 Å². The number of hydrogen-bond donors (Lipinski definition) is 2. The van der Waals surface area contributed by atoms with Crippen LogP contribution < -0.4 is 10.6 Å². The van der Waals surface area contributed by atoms with E-state index >= 15 is 0 Å². The minimum Gasteiger partial charge on any atom is -0.381 e. The molecule has 2 heterocycles. The molecule has 6 nitrogen and oxygen atoms in total. The molecular weight excluding hydrogens is 349 g/mol. The van der Waals surface area contributed by atoms with Gasteiger partial charge in [-0.25, -0.2) is 4.39 Å². The van der Waals surface area contributed by atoms with E-state index in [1.165, 1.54) is 24.4 Å². The zero-order chi connectivity index (χ0) is 18.9. The Kier molecular flexibility index (Phi) is 4.61. The van der Waals surface area contributed by atoms with E-state index < -0.39 is 11.7 Å². The van der Waals surface area contributed by atoms with Crippen LogP contribution in [0.25, 0.3) is 0 Å². The first-order valence-electron chi connectivity index (χ1n) is 8.98. The molecule has 7 heteroatoms. The highest BCUT2D eigenvalue weighted by molar-refractivity contribution is 6.06. The molecule has 1 spiro atoms. The van der Waals surface area contributed by atoms with Crippen LogP contribution in [0.2, 0.25) is 0 Å². The van der Waals surface area contributed by atoms with Crippen molar-refractivity contribution >= 4 is 23.2 Å². The quantitative estimate of drug-likeness (QED) is 0.867. The van der Waals surface area contributed by atoms with Gasteiger partial charge in [0.05, 0.1) is 11.4 Å². The van der Waals surface area contributed by atoms with Gasteiger partial charge >= 0.3 is 0 Å². The molecule has 2 aliphatic rings. The van der Waals surface area contributed by atoms with Gasteiger partial charge in [0.2, 0.25) is 5.91 Å². The first kappa shape index (κ1) is 17.6. The van der Waals surface area contributed by atoms with Crippen molar-refractivity contribution < 1.29 is 18.7 Å². The van der Waals surface area contributed by atoms with E-state index in [0.29, 0.717) is 18.9 Å². The number of ether oxygens (including phenoxy) is 1. The van der Waals surface area contributed by atoms with Crippen LogP contribution in [-0.2, 0) is 9.53 Å². The minimum absolute atomic E-state index is 0.0209. The molecule has 2 aromatic rings. The second-order valence-corrected chi connectivity index (χ2v) is 7.08. The molecule has 0 radical (unpaired) electrons. The summed E-state index contributed by atoms with van der Waals surface area (Å²) in [6.07, 6.45) is 4.09. The smallest absolute Gasteiger partial charge is 0.274 e. The maximum atomic E-state index is 13.7. The second-order valence-electron chi connectivity index (χ2n) is 7.08. The van der Waals surface area contributed by atoms with Crippen LogP contribution in [0.1, 0.15) is 29.8 Å². The predicted octanol–water partition coefficient (Wildman–Crippen LogP) is 3.23. The van der Waals surface area contributed by atoms with Gasteiger partial charge in [0, 0.05) is 25.3 Å². The lowest BCUT2D eigenvalue weighted by Crippen LogP contribution is -2.24. The molecule has 1 aromatic carbocycles. The van der Waals surface area contributed by atoms with Crippen LogP contribution in [0.4, 0.5) is 15.8 Å². The summed E-state index contributed by atoms with van der Waals surface area (Å²) in [6, 6.07) is 8.88. The monoisotopic (exact) mass is 369 g/mol. The molecule has 1 aliphatic heterocycles. The Morgan fingerprint density at radius 1 is 1.11 bits per heavy atom. The Hall–Kier alpha value is -2.80. The summed E-state index contributed by atoms with van der Waals surface area (Å²) in [6.45, 7) is 1.35. The minimum atomic E-state index is -0.488. The first-order valence-corrected chi connectivity index (χ1v) is 8.98. The van der Waals surface area contributed by atoms with Crippen LogP contribution in [0.3, 0.4) is 0 Å². The van der Waals surface area contributed by atoms with Crippen molar-refractivity contribution in [3.8, 4) is 0 Å². The highest BCUT2D eigenvalue weighted by Crippen LogP contribution is 2.59. The molecule has 1 atom stereocenters. The Bertz CT molecular complexity index is 866. The molecule has 0 unspecified atom stereocenters. The van der Waals surface area contributed by atoms with Crippen LogP contribution in [0.5, 0.6) is 0 Å². The van der Waals surface area contributed by atoms with Crippen molar-refractivity contribution in [3.05, 3.63) is 54.1 Å². The number of amides is 2. The third-order valence-corrected chi connectivity index (χ3v) is 5.38. The van der Waals surface area contributed by atoms with Crippen molar-refractivity contribution in [1.29, 1.82) is 0 Å². The molecule has 1 aliphatic carbocycles. The Morgan fingerprint density at radius 2 is 1.93 bits per heavy atom. The van der Waals surface area contributed by atoms with Crippen LogP contribution in [0, 0.1) is 17.2 Å². The molecule has 1 aromatic heterocycles. The SMILES string of the molecule is O=C(Nc1ccc(F)cc1NC(=O)[C@H]1CC12CCOCC2)c1ccccn1. The summed E-state index contributed by atoms with van der Waals surface area (Å²) in [5, 5.41) is 5.47. The maximum Gasteiger partial charge on any atom is 0.274 e. The highest BCUT2D eigenvalue weighted by Gasteiger charge is 2.58. The summed E-state index contributed by atoms with van der Waals surface area (Å²) in [4.78, 5) is 29.0. The zero-order valence-electron chi connectivity index (χ0n) is 14.7. The number of rotatable bonds is 4. The number of aromatic nitrogens is 1. The summed E-state index contributed by atoms with van der Waals surface area (Å²) >= 11 is 0. The van der Waals surface area contributed by atoms with Gasteiger partial charge < -0.3 is 15.4 Å². The molecule has 1 saturated heterocycles. The molecule has 2 fully saturated rings. The Balaban J connectivity index is 1.48. The molecule has 27 heavy (non-hydrogen) atoms. The predicted molar refractivity (Wildman–Crippen MR) is 97.8 cm³/mol. The average Bonchev–Trinajstić information content (AvgIpc) is 3.38. The number of anilines is 2. The number of pyridine rings is 1. The number of nitrogens with one attached hydrogen (secondary N) is 2. The van der Waals surface area contributed by atoms with Gasteiger partial charge in [0.15, 0.2) is 0 Å². The molecule has 4 rings (SSSR count). The molecule has 2 N–H and O–H groups in total. The van der Waals surface area contributed by atoms with Gasteiger partial charge in [0.1, 0.15) is 11.5 Å². The fourth-order valence-electron chi connectivity index (χ4n) is 3.68. The fraction of sp³-hybridized carbons (Fsp3) is 0.350. The normalized spacial score (nSPS) is 20.1. The van der Waals surface area contributed by atoms with E-state index in [2.05, 4.69) is 15.6 Å². The lowest BCUT2D eigenvalue weighted by molar-refractivity contribution is -0.118. The van der Waals surface area contributed by atoms with E-state index in [1.54, 1.807) is 18.2 Å². The van der Waals surface area contributed by atoms with E-state index in [1.807, 2.05) is 0 Å². The molecular formula is C20H20FN3O3. The lowest BCUT2D eigenvalue weighted by atomic mass is 9.93. The zero-order valence-corrected chi connectivity index (χ0v) is 14.7. The van der Waals surface area contributed by atoms with Crippen molar-refractivity contribution in [2.24, 2.45) is 11.3 Å². The van der Waals surface area contributed by atoms with Crippen molar-refractivity contribution in [1.82, 2.24) is 4.98 Å². The van der Waals surface area contributed by atoms with E-state index in [-0.39, 0.29) is 28.6 Å². The Morgan fingerprint density at radius 3 is 2.67 bits per heavy atom. The van der Waals surface area contributed by atoms with Crippen LogP contribution >= 0.6 is 0 Å². The Labute approximate surface area is 156 Å². The number of halogens is 1. The van der Waals surface area contributed by atoms with Crippen molar-refractivity contribution in [2.45, 2.75) is 19.3 Å². The van der Waals surface area contributed by atoms with Gasteiger partial charge in [-0.1, -0.05) is 6.07 Å².